The Balaban J connectivity index is 2.58. The van der Waals surface area contributed by atoms with Crippen LogP contribution >= 0.6 is 11.6 Å². The number of carbonyl (C=O) groups excluding carboxylic acids is 1. The van der Waals surface area contributed by atoms with Crippen LogP contribution in [0.15, 0.2) is 18.2 Å². The van der Waals surface area contributed by atoms with Crippen LogP contribution in [0.4, 0.5) is 5.69 Å². The highest BCUT2D eigenvalue weighted by molar-refractivity contribution is 6.33. The lowest BCUT2D eigenvalue weighted by Crippen LogP contribution is -2.13. The molecule has 0 atom stereocenters. The van der Waals surface area contributed by atoms with Crippen LogP contribution in [-0.4, -0.2) is 30.2 Å². The highest BCUT2D eigenvalue weighted by Crippen LogP contribution is 2.25. The van der Waals surface area contributed by atoms with Crippen molar-refractivity contribution in [1.29, 1.82) is 0 Å². The largest absolute Gasteiger partial charge is 0.460 e. The number of rotatable bonds is 6. The van der Waals surface area contributed by atoms with Crippen molar-refractivity contribution in [3.8, 4) is 0 Å². The Labute approximate surface area is 115 Å². The van der Waals surface area contributed by atoms with Crippen molar-refractivity contribution in [3.63, 3.8) is 0 Å². The molecule has 0 heterocycles. The second-order valence-electron chi connectivity index (χ2n) is 3.98. The number of nitro benzene ring substituents is 1. The van der Waals surface area contributed by atoms with Crippen molar-refractivity contribution in [1.82, 2.24) is 0 Å². The molecule has 0 spiro atoms. The number of hydrogen-bond donors (Lipinski definition) is 0. The summed E-state index contributed by atoms with van der Waals surface area (Å²) in [4.78, 5) is 21.6. The normalized spacial score (nSPS) is 10.5. The van der Waals surface area contributed by atoms with Gasteiger partial charge >= 0.3 is 5.97 Å². The lowest BCUT2D eigenvalue weighted by atomic mass is 10.2. The summed E-state index contributed by atoms with van der Waals surface area (Å²) in [7, 11) is 0. The average molecular weight is 288 g/mol. The van der Waals surface area contributed by atoms with E-state index in [-0.39, 0.29) is 29.0 Å². The first-order chi connectivity index (χ1) is 8.91. The summed E-state index contributed by atoms with van der Waals surface area (Å²) in [5, 5.41) is 10.5. The Hall–Kier alpha value is -1.66. The first-order valence-corrected chi connectivity index (χ1v) is 6.02. The minimum absolute atomic E-state index is 0.0625. The molecule has 0 saturated carbocycles. The van der Waals surface area contributed by atoms with Crippen LogP contribution in [0.25, 0.3) is 0 Å². The number of halogens is 1. The van der Waals surface area contributed by atoms with Gasteiger partial charge in [0.1, 0.15) is 11.6 Å². The van der Waals surface area contributed by atoms with Crippen LogP contribution in [0.5, 0.6) is 0 Å². The molecule has 0 aliphatic heterocycles. The van der Waals surface area contributed by atoms with Gasteiger partial charge in [0.25, 0.3) is 5.69 Å². The smallest absolute Gasteiger partial charge is 0.338 e. The van der Waals surface area contributed by atoms with Gasteiger partial charge in [-0.05, 0) is 26.0 Å². The number of ether oxygens (including phenoxy) is 2. The quantitative estimate of drug-likeness (QED) is 0.348. The maximum atomic E-state index is 11.6. The fourth-order valence-electron chi connectivity index (χ4n) is 1.28. The molecule has 6 nitrogen and oxygen atoms in total. The van der Waals surface area contributed by atoms with E-state index in [4.69, 9.17) is 21.1 Å². The maximum Gasteiger partial charge on any atom is 0.338 e. The lowest BCUT2D eigenvalue weighted by Gasteiger charge is -2.08. The molecule has 19 heavy (non-hydrogen) atoms. The van der Waals surface area contributed by atoms with Gasteiger partial charge in [0.15, 0.2) is 0 Å². The number of nitrogens with zero attached hydrogens (tertiary/aromatic N) is 1. The standard InChI is InChI=1S/C12H14ClNO5/c1-8(2)18-5-6-19-12(15)9-3-4-11(14(16)17)10(13)7-9/h3-4,7-8H,5-6H2,1-2H3. The molecular weight excluding hydrogens is 274 g/mol. The van der Waals surface area contributed by atoms with Crippen molar-refractivity contribution < 1.29 is 19.2 Å². The van der Waals surface area contributed by atoms with E-state index >= 15 is 0 Å². The van der Waals surface area contributed by atoms with Crippen molar-refractivity contribution in [2.75, 3.05) is 13.2 Å². The van der Waals surface area contributed by atoms with Crippen LogP contribution < -0.4 is 0 Å². The summed E-state index contributed by atoms with van der Waals surface area (Å²) < 4.78 is 10.2. The molecule has 1 aromatic rings. The molecule has 0 bridgehead atoms. The van der Waals surface area contributed by atoms with E-state index in [1.807, 2.05) is 13.8 Å². The monoisotopic (exact) mass is 287 g/mol. The van der Waals surface area contributed by atoms with Gasteiger partial charge in [-0.3, -0.25) is 10.1 Å². The van der Waals surface area contributed by atoms with E-state index in [9.17, 15) is 14.9 Å². The molecule has 1 rings (SSSR count). The van der Waals surface area contributed by atoms with Crippen LogP contribution in [0, 0.1) is 10.1 Å². The highest BCUT2D eigenvalue weighted by Gasteiger charge is 2.15. The molecular formula is C12H14ClNO5. The van der Waals surface area contributed by atoms with E-state index in [1.54, 1.807) is 0 Å². The maximum absolute atomic E-state index is 11.6. The summed E-state index contributed by atoms with van der Waals surface area (Å²) >= 11 is 5.70. The molecule has 0 aliphatic carbocycles. The van der Waals surface area contributed by atoms with Gasteiger partial charge in [0.2, 0.25) is 0 Å². The zero-order chi connectivity index (χ0) is 14.4. The van der Waals surface area contributed by atoms with Gasteiger partial charge in [-0.25, -0.2) is 4.79 Å². The summed E-state index contributed by atoms with van der Waals surface area (Å²) in [6.07, 6.45) is 0.0625. The molecule has 0 unspecified atom stereocenters. The Morgan fingerprint density at radius 3 is 2.63 bits per heavy atom. The first-order valence-electron chi connectivity index (χ1n) is 5.64. The minimum atomic E-state index is -0.617. The molecule has 7 heteroatoms. The SMILES string of the molecule is CC(C)OCCOC(=O)c1ccc([N+](=O)[O-])c(Cl)c1. The number of carbonyl (C=O) groups is 1. The highest BCUT2D eigenvalue weighted by atomic mass is 35.5. The van der Waals surface area contributed by atoms with Gasteiger partial charge in [-0.2, -0.15) is 0 Å². The van der Waals surface area contributed by atoms with Gasteiger partial charge in [0.05, 0.1) is 23.2 Å². The number of hydrogen-bond acceptors (Lipinski definition) is 5. The van der Waals surface area contributed by atoms with Gasteiger partial charge in [-0.15, -0.1) is 0 Å². The Bertz CT molecular complexity index is 475. The van der Waals surface area contributed by atoms with E-state index in [0.29, 0.717) is 6.61 Å². The molecule has 0 saturated heterocycles. The van der Waals surface area contributed by atoms with Crippen molar-refractivity contribution in [3.05, 3.63) is 38.9 Å². The molecule has 0 aliphatic rings. The molecule has 0 fully saturated rings. The van der Waals surface area contributed by atoms with Gasteiger partial charge < -0.3 is 9.47 Å². The van der Waals surface area contributed by atoms with E-state index in [0.717, 1.165) is 0 Å². The first kappa shape index (κ1) is 15.4. The van der Waals surface area contributed by atoms with Crippen LogP contribution in [-0.2, 0) is 9.47 Å². The Morgan fingerprint density at radius 2 is 2.11 bits per heavy atom. The number of benzene rings is 1. The number of esters is 1. The zero-order valence-electron chi connectivity index (χ0n) is 10.6. The Kier molecular flexibility index (Phi) is 5.72. The fourth-order valence-corrected chi connectivity index (χ4v) is 1.53. The van der Waals surface area contributed by atoms with Gasteiger partial charge in [0, 0.05) is 6.07 Å². The average Bonchev–Trinajstić information content (AvgIpc) is 2.33. The summed E-state index contributed by atoms with van der Waals surface area (Å²) in [5.41, 5.74) is -0.0819. The van der Waals surface area contributed by atoms with E-state index < -0.39 is 10.9 Å². The van der Waals surface area contributed by atoms with Crippen molar-refractivity contribution >= 4 is 23.3 Å². The van der Waals surface area contributed by atoms with Crippen LogP contribution in [0.1, 0.15) is 24.2 Å². The van der Waals surface area contributed by atoms with E-state index in [1.165, 1.54) is 18.2 Å². The molecule has 104 valence electrons. The molecule has 0 amide bonds. The number of nitro groups is 1. The second kappa shape index (κ2) is 7.06. The Morgan fingerprint density at radius 1 is 1.42 bits per heavy atom. The fraction of sp³-hybridized carbons (Fsp3) is 0.417. The second-order valence-corrected chi connectivity index (χ2v) is 4.39. The van der Waals surface area contributed by atoms with Gasteiger partial charge in [-0.1, -0.05) is 11.6 Å². The summed E-state index contributed by atoms with van der Waals surface area (Å²) in [5.74, 6) is -0.593. The zero-order valence-corrected chi connectivity index (χ0v) is 11.3. The minimum Gasteiger partial charge on any atom is -0.460 e. The van der Waals surface area contributed by atoms with Crippen LogP contribution in [0.2, 0.25) is 5.02 Å². The lowest BCUT2D eigenvalue weighted by molar-refractivity contribution is -0.384. The molecule has 0 radical (unpaired) electrons. The third-order valence-electron chi connectivity index (χ3n) is 2.15. The molecule has 0 aromatic heterocycles. The summed E-state index contributed by atoms with van der Waals surface area (Å²) in [6, 6.07) is 3.69. The predicted octanol–water partition coefficient (Wildman–Crippen LogP) is 2.83. The topological polar surface area (TPSA) is 78.7 Å². The summed E-state index contributed by atoms with van der Waals surface area (Å²) in [6.45, 7) is 4.16. The molecule has 1 aromatic carbocycles. The van der Waals surface area contributed by atoms with E-state index in [2.05, 4.69) is 0 Å². The third kappa shape index (κ3) is 4.84. The van der Waals surface area contributed by atoms with Crippen molar-refractivity contribution in [2.45, 2.75) is 20.0 Å². The predicted molar refractivity (Wildman–Crippen MR) is 69.5 cm³/mol. The molecule has 0 N–H and O–H groups in total. The van der Waals surface area contributed by atoms with Crippen molar-refractivity contribution in [2.24, 2.45) is 0 Å². The third-order valence-corrected chi connectivity index (χ3v) is 2.45. The van der Waals surface area contributed by atoms with Crippen LogP contribution in [0.3, 0.4) is 0 Å².